The van der Waals surface area contributed by atoms with Crippen molar-refractivity contribution in [3.63, 3.8) is 0 Å². The van der Waals surface area contributed by atoms with E-state index in [1.807, 2.05) is 13.0 Å². The van der Waals surface area contributed by atoms with Gasteiger partial charge in [0.15, 0.2) is 0 Å². The predicted molar refractivity (Wildman–Crippen MR) is 98.2 cm³/mol. The standard InChI is InChI=1S/C19H20N2O5/c1-13(17-12-16(25-2)9-10-18(17)26-3)20-19(22)11-6-14-4-7-15(8-5-14)21(23)24/h4-13H,1-3H3,(H,20,22)/b11-6+/t13-/m0/s1. The quantitative estimate of drug-likeness (QED) is 0.466. The molecule has 2 aromatic carbocycles. The molecule has 2 aromatic rings. The average molecular weight is 356 g/mol. The van der Waals surface area contributed by atoms with Gasteiger partial charge in [-0.05, 0) is 48.9 Å². The molecule has 136 valence electrons. The zero-order chi connectivity index (χ0) is 19.1. The van der Waals surface area contributed by atoms with Crippen molar-refractivity contribution < 1.29 is 19.2 Å². The second-order valence-corrected chi connectivity index (χ2v) is 5.52. The maximum atomic E-state index is 12.2. The summed E-state index contributed by atoms with van der Waals surface area (Å²) in [6.45, 7) is 1.84. The fourth-order valence-corrected chi connectivity index (χ4v) is 2.40. The van der Waals surface area contributed by atoms with Gasteiger partial charge in [-0.25, -0.2) is 0 Å². The van der Waals surface area contributed by atoms with E-state index in [9.17, 15) is 14.9 Å². The number of rotatable bonds is 7. The van der Waals surface area contributed by atoms with Crippen LogP contribution in [0, 0.1) is 10.1 Å². The van der Waals surface area contributed by atoms with Crippen LogP contribution in [-0.2, 0) is 4.79 Å². The van der Waals surface area contributed by atoms with Gasteiger partial charge < -0.3 is 14.8 Å². The highest BCUT2D eigenvalue weighted by atomic mass is 16.6. The number of ether oxygens (including phenoxy) is 2. The normalized spacial score (nSPS) is 11.8. The van der Waals surface area contributed by atoms with Crippen molar-refractivity contribution in [2.24, 2.45) is 0 Å². The van der Waals surface area contributed by atoms with Gasteiger partial charge in [0, 0.05) is 23.8 Å². The lowest BCUT2D eigenvalue weighted by Crippen LogP contribution is -2.25. The van der Waals surface area contributed by atoms with Crippen molar-refractivity contribution in [1.82, 2.24) is 5.32 Å². The van der Waals surface area contributed by atoms with Gasteiger partial charge in [-0.1, -0.05) is 0 Å². The average Bonchev–Trinajstić information content (AvgIpc) is 2.66. The number of benzene rings is 2. The molecule has 1 N–H and O–H groups in total. The second kappa shape index (κ2) is 8.66. The zero-order valence-corrected chi connectivity index (χ0v) is 14.8. The third-order valence-electron chi connectivity index (χ3n) is 3.79. The molecule has 0 bridgehead atoms. The van der Waals surface area contributed by atoms with Gasteiger partial charge in [-0.2, -0.15) is 0 Å². The fourth-order valence-electron chi connectivity index (χ4n) is 2.40. The number of carbonyl (C=O) groups is 1. The van der Waals surface area contributed by atoms with Gasteiger partial charge in [0.1, 0.15) is 11.5 Å². The first-order chi connectivity index (χ1) is 12.4. The number of nitro groups is 1. The summed E-state index contributed by atoms with van der Waals surface area (Å²) in [5.41, 5.74) is 1.49. The van der Waals surface area contributed by atoms with E-state index in [4.69, 9.17) is 9.47 Å². The maximum absolute atomic E-state index is 12.2. The van der Waals surface area contributed by atoms with E-state index in [1.54, 1.807) is 44.6 Å². The number of methoxy groups -OCH3 is 2. The van der Waals surface area contributed by atoms with Crippen LogP contribution in [0.25, 0.3) is 6.08 Å². The lowest BCUT2D eigenvalue weighted by molar-refractivity contribution is -0.384. The van der Waals surface area contributed by atoms with Crippen LogP contribution >= 0.6 is 0 Å². The van der Waals surface area contributed by atoms with E-state index >= 15 is 0 Å². The first-order valence-corrected chi connectivity index (χ1v) is 7.89. The smallest absolute Gasteiger partial charge is 0.269 e. The molecule has 26 heavy (non-hydrogen) atoms. The second-order valence-electron chi connectivity index (χ2n) is 5.52. The minimum atomic E-state index is -0.469. The van der Waals surface area contributed by atoms with Crippen LogP contribution in [0.4, 0.5) is 5.69 Å². The molecular weight excluding hydrogens is 336 g/mol. The van der Waals surface area contributed by atoms with Gasteiger partial charge in [-0.3, -0.25) is 14.9 Å². The van der Waals surface area contributed by atoms with Gasteiger partial charge in [0.25, 0.3) is 5.69 Å². The topological polar surface area (TPSA) is 90.7 Å². The lowest BCUT2D eigenvalue weighted by atomic mass is 10.1. The lowest BCUT2D eigenvalue weighted by Gasteiger charge is -2.17. The summed E-state index contributed by atoms with van der Waals surface area (Å²) in [5, 5.41) is 13.5. The molecule has 0 fully saturated rings. The first kappa shape index (κ1) is 19.0. The van der Waals surface area contributed by atoms with Gasteiger partial charge in [0.05, 0.1) is 25.2 Å². The van der Waals surface area contributed by atoms with Crippen molar-refractivity contribution in [3.8, 4) is 11.5 Å². The Hall–Kier alpha value is -3.35. The number of hydrogen-bond acceptors (Lipinski definition) is 5. The third-order valence-corrected chi connectivity index (χ3v) is 3.79. The van der Waals surface area contributed by atoms with Crippen molar-refractivity contribution in [2.75, 3.05) is 14.2 Å². The van der Waals surface area contributed by atoms with E-state index in [-0.39, 0.29) is 17.6 Å². The van der Waals surface area contributed by atoms with Crippen LogP contribution in [0.3, 0.4) is 0 Å². The number of carbonyl (C=O) groups excluding carboxylic acids is 1. The summed E-state index contributed by atoms with van der Waals surface area (Å²) in [4.78, 5) is 22.3. The number of non-ortho nitro benzene ring substituents is 1. The van der Waals surface area contributed by atoms with E-state index in [0.717, 1.165) is 5.56 Å². The molecule has 0 aliphatic rings. The molecule has 0 saturated heterocycles. The summed E-state index contributed by atoms with van der Waals surface area (Å²) < 4.78 is 10.5. The van der Waals surface area contributed by atoms with Gasteiger partial charge in [0.2, 0.25) is 5.91 Å². The minimum absolute atomic E-state index is 0.00495. The number of nitro benzene ring substituents is 1. The highest BCUT2D eigenvalue weighted by Gasteiger charge is 2.14. The Morgan fingerprint density at radius 2 is 1.85 bits per heavy atom. The number of hydrogen-bond donors (Lipinski definition) is 1. The van der Waals surface area contributed by atoms with Crippen molar-refractivity contribution in [1.29, 1.82) is 0 Å². The van der Waals surface area contributed by atoms with Gasteiger partial charge >= 0.3 is 0 Å². The molecule has 1 atom stereocenters. The molecule has 0 spiro atoms. The zero-order valence-electron chi connectivity index (χ0n) is 14.8. The van der Waals surface area contributed by atoms with Crippen LogP contribution in [0.1, 0.15) is 24.1 Å². The van der Waals surface area contributed by atoms with Crippen LogP contribution < -0.4 is 14.8 Å². The van der Waals surface area contributed by atoms with E-state index in [2.05, 4.69) is 5.32 Å². The van der Waals surface area contributed by atoms with Crippen molar-refractivity contribution in [2.45, 2.75) is 13.0 Å². The van der Waals surface area contributed by atoms with Crippen LogP contribution in [0.5, 0.6) is 11.5 Å². The monoisotopic (exact) mass is 356 g/mol. The SMILES string of the molecule is COc1ccc(OC)c([C@H](C)NC(=O)/C=C/c2ccc([N+](=O)[O-])cc2)c1. The molecule has 7 nitrogen and oxygen atoms in total. The Balaban J connectivity index is 2.06. The molecule has 0 aliphatic heterocycles. The first-order valence-electron chi connectivity index (χ1n) is 7.89. The summed E-state index contributed by atoms with van der Waals surface area (Å²) in [7, 11) is 3.14. The van der Waals surface area contributed by atoms with Gasteiger partial charge in [-0.15, -0.1) is 0 Å². The molecule has 1 amide bonds. The Kier molecular flexibility index (Phi) is 6.32. The highest BCUT2D eigenvalue weighted by Crippen LogP contribution is 2.29. The number of nitrogens with one attached hydrogen (secondary N) is 1. The molecule has 0 aromatic heterocycles. The van der Waals surface area contributed by atoms with Crippen LogP contribution in [-0.4, -0.2) is 25.1 Å². The molecule has 7 heteroatoms. The summed E-state index contributed by atoms with van der Waals surface area (Å²) in [5.74, 6) is 1.03. The summed E-state index contributed by atoms with van der Waals surface area (Å²) in [6.07, 6.45) is 2.97. The predicted octanol–water partition coefficient (Wildman–Crippen LogP) is 3.50. The summed E-state index contributed by atoms with van der Waals surface area (Å²) >= 11 is 0. The molecule has 0 radical (unpaired) electrons. The van der Waals surface area contributed by atoms with Crippen molar-refractivity contribution >= 4 is 17.7 Å². The molecular formula is C19H20N2O5. The largest absolute Gasteiger partial charge is 0.497 e. The molecule has 0 heterocycles. The Morgan fingerprint density at radius 1 is 1.15 bits per heavy atom. The third kappa shape index (κ3) is 4.83. The summed E-state index contributed by atoms with van der Waals surface area (Å²) in [6, 6.07) is 11.0. The number of nitrogens with zero attached hydrogens (tertiary/aromatic N) is 1. The Bertz CT molecular complexity index is 815. The van der Waals surface area contributed by atoms with E-state index < -0.39 is 4.92 Å². The van der Waals surface area contributed by atoms with Crippen LogP contribution in [0.2, 0.25) is 0 Å². The fraction of sp³-hybridized carbons (Fsp3) is 0.211. The van der Waals surface area contributed by atoms with E-state index in [0.29, 0.717) is 17.1 Å². The van der Waals surface area contributed by atoms with E-state index in [1.165, 1.54) is 18.2 Å². The number of amides is 1. The Morgan fingerprint density at radius 3 is 2.42 bits per heavy atom. The van der Waals surface area contributed by atoms with Crippen LogP contribution in [0.15, 0.2) is 48.5 Å². The Labute approximate surface area is 151 Å². The molecule has 2 rings (SSSR count). The highest BCUT2D eigenvalue weighted by molar-refractivity contribution is 5.92. The molecule has 0 unspecified atom stereocenters. The maximum Gasteiger partial charge on any atom is 0.269 e. The molecule has 0 aliphatic carbocycles. The minimum Gasteiger partial charge on any atom is -0.497 e. The molecule has 0 saturated carbocycles. The van der Waals surface area contributed by atoms with Crippen molar-refractivity contribution in [3.05, 3.63) is 69.8 Å².